The van der Waals surface area contributed by atoms with Gasteiger partial charge in [-0.1, -0.05) is 23.7 Å². The molecule has 1 fully saturated rings. The number of benzene rings is 1. The molecule has 1 saturated heterocycles. The quantitative estimate of drug-likeness (QED) is 0.910. The number of hydrogen-bond donors (Lipinski definition) is 1. The molecule has 0 aliphatic carbocycles. The molecule has 0 radical (unpaired) electrons. The average molecular weight is 300 g/mol. The van der Waals surface area contributed by atoms with Crippen LogP contribution in [0.4, 0.5) is 4.39 Å². The molecule has 1 N–H and O–H groups in total. The molecule has 1 aliphatic heterocycles. The average Bonchev–Trinajstić information content (AvgIpc) is 2.70. The lowest BCUT2D eigenvalue weighted by Crippen LogP contribution is -2.44. The molecule has 0 saturated carbocycles. The van der Waals surface area contributed by atoms with Gasteiger partial charge in [-0.2, -0.15) is 0 Å². The zero-order valence-electron chi connectivity index (χ0n) is 11.9. The smallest absolute Gasteiger partial charge is 0.343 e. The van der Waals surface area contributed by atoms with Crippen molar-refractivity contribution in [1.29, 1.82) is 0 Å². The summed E-state index contributed by atoms with van der Waals surface area (Å²) in [4.78, 5) is 13.3. The van der Waals surface area contributed by atoms with E-state index in [9.17, 15) is 14.3 Å². The van der Waals surface area contributed by atoms with E-state index in [1.54, 1.807) is 24.3 Å². The summed E-state index contributed by atoms with van der Waals surface area (Å²) in [5.41, 5.74) is -1.86. The number of likely N-dealkylation sites (tertiary alicyclic amines) is 1. The maximum Gasteiger partial charge on any atom is 0.343 e. The van der Waals surface area contributed by atoms with Gasteiger partial charge in [0.25, 0.3) is 0 Å². The van der Waals surface area contributed by atoms with Gasteiger partial charge in [-0.05, 0) is 38.5 Å². The summed E-state index contributed by atoms with van der Waals surface area (Å²) in [6.07, 6.45) is 0. The van der Waals surface area contributed by atoms with Gasteiger partial charge < -0.3 is 5.11 Å². The molecular formula is C15H19ClFNO2. The van der Waals surface area contributed by atoms with Gasteiger partial charge >= 0.3 is 5.97 Å². The highest BCUT2D eigenvalue weighted by molar-refractivity contribution is 6.30. The zero-order valence-corrected chi connectivity index (χ0v) is 12.6. The van der Waals surface area contributed by atoms with Crippen molar-refractivity contribution in [3.05, 3.63) is 34.9 Å². The molecule has 110 valence electrons. The minimum Gasteiger partial charge on any atom is -0.479 e. The van der Waals surface area contributed by atoms with Crippen molar-refractivity contribution in [2.45, 2.75) is 37.9 Å². The molecule has 0 bridgehead atoms. The number of halogens is 2. The predicted octanol–water partition coefficient (Wildman–Crippen LogP) is 3.33. The Kier molecular flexibility index (Phi) is 3.82. The van der Waals surface area contributed by atoms with Gasteiger partial charge in [0.15, 0.2) is 0 Å². The standard InChI is InChI=1S/C15H19ClFNO2/c1-14(2,3)18-8-12(15(17,9-18)13(19)20)10-4-6-11(16)7-5-10/h4-7,12H,8-9H2,1-3H3,(H,19,20)/t12-,15-/m0/s1. The monoisotopic (exact) mass is 299 g/mol. The van der Waals surface area contributed by atoms with Crippen LogP contribution in [0.25, 0.3) is 0 Å². The van der Waals surface area contributed by atoms with Crippen LogP contribution >= 0.6 is 11.6 Å². The van der Waals surface area contributed by atoms with Gasteiger partial charge in [0, 0.05) is 29.6 Å². The van der Waals surface area contributed by atoms with Gasteiger partial charge in [0.2, 0.25) is 5.67 Å². The highest BCUT2D eigenvalue weighted by Crippen LogP contribution is 2.42. The Labute approximate surface area is 123 Å². The van der Waals surface area contributed by atoms with E-state index < -0.39 is 17.6 Å². The molecule has 0 unspecified atom stereocenters. The third-order valence-corrected chi connectivity index (χ3v) is 4.20. The second-order valence-electron chi connectivity index (χ2n) is 6.32. The predicted molar refractivity (Wildman–Crippen MR) is 77.0 cm³/mol. The Bertz CT molecular complexity index is 512. The molecule has 0 spiro atoms. The summed E-state index contributed by atoms with van der Waals surface area (Å²) in [6.45, 7) is 6.16. The number of carbonyl (C=O) groups is 1. The van der Waals surface area contributed by atoms with Crippen LogP contribution in [0.2, 0.25) is 5.02 Å². The van der Waals surface area contributed by atoms with E-state index in [2.05, 4.69) is 0 Å². The van der Waals surface area contributed by atoms with Gasteiger partial charge in [-0.25, -0.2) is 9.18 Å². The van der Waals surface area contributed by atoms with Crippen molar-refractivity contribution in [2.24, 2.45) is 0 Å². The lowest BCUT2D eigenvalue weighted by molar-refractivity contribution is -0.151. The van der Waals surface area contributed by atoms with Crippen molar-refractivity contribution in [3.63, 3.8) is 0 Å². The Morgan fingerprint density at radius 3 is 2.40 bits per heavy atom. The van der Waals surface area contributed by atoms with E-state index in [-0.39, 0.29) is 12.1 Å². The maximum absolute atomic E-state index is 15.0. The Morgan fingerprint density at radius 1 is 1.40 bits per heavy atom. The maximum atomic E-state index is 15.0. The number of hydrogen-bond acceptors (Lipinski definition) is 2. The van der Waals surface area contributed by atoms with Crippen LogP contribution in [-0.4, -0.2) is 40.3 Å². The molecule has 1 aliphatic rings. The summed E-state index contributed by atoms with van der Waals surface area (Å²) in [5, 5.41) is 9.87. The van der Waals surface area contributed by atoms with E-state index in [0.717, 1.165) is 0 Å². The Balaban J connectivity index is 2.38. The number of nitrogens with zero attached hydrogens (tertiary/aromatic N) is 1. The zero-order chi connectivity index (χ0) is 15.1. The molecule has 1 aromatic rings. The Hall–Kier alpha value is -1.13. The van der Waals surface area contributed by atoms with Crippen LogP contribution in [0.1, 0.15) is 32.3 Å². The fourth-order valence-corrected chi connectivity index (χ4v) is 2.74. The molecule has 2 atom stereocenters. The van der Waals surface area contributed by atoms with E-state index >= 15 is 0 Å². The van der Waals surface area contributed by atoms with Crippen molar-refractivity contribution in [3.8, 4) is 0 Å². The summed E-state index contributed by atoms with van der Waals surface area (Å²) < 4.78 is 15.0. The van der Waals surface area contributed by atoms with Gasteiger partial charge in [0.05, 0.1) is 0 Å². The van der Waals surface area contributed by atoms with Gasteiger partial charge in [-0.15, -0.1) is 0 Å². The first-order valence-corrected chi connectivity index (χ1v) is 6.95. The van der Waals surface area contributed by atoms with E-state index in [0.29, 0.717) is 17.1 Å². The van der Waals surface area contributed by atoms with Crippen LogP contribution in [-0.2, 0) is 4.79 Å². The molecule has 0 amide bonds. The minimum absolute atomic E-state index is 0.0981. The molecule has 2 rings (SSSR count). The third-order valence-electron chi connectivity index (χ3n) is 3.95. The molecule has 1 aromatic carbocycles. The molecule has 5 heteroatoms. The second kappa shape index (κ2) is 5.01. The van der Waals surface area contributed by atoms with E-state index in [1.807, 2.05) is 25.7 Å². The topological polar surface area (TPSA) is 40.5 Å². The van der Waals surface area contributed by atoms with Crippen LogP contribution in [0, 0.1) is 0 Å². The summed E-state index contributed by atoms with van der Waals surface area (Å²) in [6, 6.07) is 6.74. The summed E-state index contributed by atoms with van der Waals surface area (Å²) in [7, 11) is 0. The van der Waals surface area contributed by atoms with Crippen LogP contribution in [0.5, 0.6) is 0 Å². The third kappa shape index (κ3) is 2.67. The lowest BCUT2D eigenvalue weighted by atomic mass is 9.86. The number of carboxylic acid groups (broad SMARTS) is 1. The van der Waals surface area contributed by atoms with Crippen LogP contribution in [0.3, 0.4) is 0 Å². The summed E-state index contributed by atoms with van der Waals surface area (Å²) >= 11 is 5.83. The first-order valence-electron chi connectivity index (χ1n) is 6.57. The normalized spacial score (nSPS) is 27.8. The fraction of sp³-hybridized carbons (Fsp3) is 0.533. The number of rotatable bonds is 2. The fourth-order valence-electron chi connectivity index (χ4n) is 2.61. The van der Waals surface area contributed by atoms with E-state index in [4.69, 9.17) is 11.6 Å². The van der Waals surface area contributed by atoms with Crippen molar-refractivity contribution in [2.75, 3.05) is 13.1 Å². The number of carboxylic acids is 1. The summed E-state index contributed by atoms with van der Waals surface area (Å²) in [5.74, 6) is -2.08. The number of alkyl halides is 1. The molecule has 20 heavy (non-hydrogen) atoms. The first-order chi connectivity index (χ1) is 9.14. The number of aliphatic carboxylic acids is 1. The molecular weight excluding hydrogens is 281 g/mol. The van der Waals surface area contributed by atoms with Crippen molar-refractivity contribution < 1.29 is 14.3 Å². The Morgan fingerprint density at radius 2 is 1.95 bits per heavy atom. The second-order valence-corrected chi connectivity index (χ2v) is 6.76. The highest BCUT2D eigenvalue weighted by atomic mass is 35.5. The largest absolute Gasteiger partial charge is 0.479 e. The highest BCUT2D eigenvalue weighted by Gasteiger charge is 2.55. The van der Waals surface area contributed by atoms with Gasteiger partial charge in [0.1, 0.15) is 0 Å². The molecule has 3 nitrogen and oxygen atoms in total. The SMILES string of the molecule is CC(C)(C)N1C[C@@H](c2ccc(Cl)cc2)[C@](F)(C(=O)O)C1. The van der Waals surface area contributed by atoms with Crippen molar-refractivity contribution >= 4 is 17.6 Å². The van der Waals surface area contributed by atoms with Crippen molar-refractivity contribution in [1.82, 2.24) is 4.90 Å². The minimum atomic E-state index is -2.26. The first kappa shape index (κ1) is 15.3. The molecule has 0 aromatic heterocycles. The van der Waals surface area contributed by atoms with Gasteiger partial charge in [-0.3, -0.25) is 4.90 Å². The lowest BCUT2D eigenvalue weighted by Gasteiger charge is -2.31. The van der Waals surface area contributed by atoms with Crippen LogP contribution < -0.4 is 0 Å². The van der Waals surface area contributed by atoms with Crippen LogP contribution in [0.15, 0.2) is 24.3 Å². The molecule has 1 heterocycles. The van der Waals surface area contributed by atoms with E-state index in [1.165, 1.54) is 0 Å².